The van der Waals surface area contributed by atoms with Crippen molar-refractivity contribution in [2.75, 3.05) is 13.2 Å². The number of aliphatic hydroxyl groups is 1. The molecule has 1 aromatic carbocycles. The van der Waals surface area contributed by atoms with Gasteiger partial charge < -0.3 is 20.3 Å². The highest BCUT2D eigenvalue weighted by atomic mass is 16.5. The number of nitrogens with one attached hydrogen (secondary N) is 1. The van der Waals surface area contributed by atoms with Crippen molar-refractivity contribution in [3.05, 3.63) is 35.4 Å². The van der Waals surface area contributed by atoms with Gasteiger partial charge >= 0.3 is 5.97 Å². The molecule has 0 spiro atoms. The van der Waals surface area contributed by atoms with Gasteiger partial charge in [-0.25, -0.2) is 4.79 Å². The smallest absolute Gasteiger partial charge is 0.326 e. The van der Waals surface area contributed by atoms with Crippen molar-refractivity contribution in [2.24, 2.45) is 0 Å². The van der Waals surface area contributed by atoms with Crippen molar-refractivity contribution >= 4 is 18.0 Å². The summed E-state index contributed by atoms with van der Waals surface area (Å²) in [5.41, 5.74) is 1.95. The number of carbonyl (C=O) groups is 2. The Kier molecular flexibility index (Phi) is 4.94. The van der Waals surface area contributed by atoms with Crippen molar-refractivity contribution in [1.82, 2.24) is 5.32 Å². The number of aliphatic hydroxyl groups excluding tert-OH is 1. The largest absolute Gasteiger partial charge is 0.493 e. The molecule has 0 aliphatic carbocycles. The molecule has 112 valence electrons. The first-order valence-corrected chi connectivity index (χ1v) is 6.68. The molecule has 0 bridgehead atoms. The van der Waals surface area contributed by atoms with Gasteiger partial charge in [0.2, 0.25) is 5.91 Å². The number of carboxylic acid groups (broad SMARTS) is 1. The second-order valence-electron chi connectivity index (χ2n) is 4.71. The van der Waals surface area contributed by atoms with Crippen LogP contribution in [0.4, 0.5) is 0 Å². The molecule has 1 amide bonds. The Bertz CT molecular complexity index is 567. The van der Waals surface area contributed by atoms with E-state index in [1.54, 1.807) is 6.08 Å². The fraction of sp³-hybridized carbons (Fsp3) is 0.333. The molecule has 0 radical (unpaired) electrons. The molecule has 1 aliphatic heterocycles. The lowest BCUT2D eigenvalue weighted by Crippen LogP contribution is -2.40. The van der Waals surface area contributed by atoms with Gasteiger partial charge in [0.05, 0.1) is 6.61 Å². The highest BCUT2D eigenvalue weighted by Crippen LogP contribution is 2.26. The van der Waals surface area contributed by atoms with Gasteiger partial charge in [0.1, 0.15) is 11.8 Å². The zero-order valence-electron chi connectivity index (χ0n) is 11.4. The van der Waals surface area contributed by atoms with Gasteiger partial charge in [0.15, 0.2) is 0 Å². The molecule has 3 N–H and O–H groups in total. The van der Waals surface area contributed by atoms with Crippen LogP contribution in [0.15, 0.2) is 24.3 Å². The quantitative estimate of drug-likeness (QED) is 0.667. The fourth-order valence-electron chi connectivity index (χ4n) is 2.09. The van der Waals surface area contributed by atoms with Gasteiger partial charge in [-0.2, -0.15) is 0 Å². The molecule has 1 unspecified atom stereocenters. The van der Waals surface area contributed by atoms with Crippen LogP contribution >= 0.6 is 0 Å². The van der Waals surface area contributed by atoms with Crippen molar-refractivity contribution < 1.29 is 24.5 Å². The lowest BCUT2D eigenvalue weighted by Gasteiger charge is -2.11. The second-order valence-corrected chi connectivity index (χ2v) is 4.71. The first kappa shape index (κ1) is 15.1. The van der Waals surface area contributed by atoms with Gasteiger partial charge in [-0.05, 0) is 29.3 Å². The monoisotopic (exact) mass is 291 g/mol. The zero-order chi connectivity index (χ0) is 15.2. The minimum absolute atomic E-state index is 0.0227. The summed E-state index contributed by atoms with van der Waals surface area (Å²) < 4.78 is 5.39. The number of fused-ring (bicyclic) bond motifs is 1. The molecule has 1 aromatic rings. The topological polar surface area (TPSA) is 95.9 Å². The third kappa shape index (κ3) is 4.06. The normalized spacial score (nSPS) is 14.5. The van der Waals surface area contributed by atoms with E-state index in [1.165, 1.54) is 6.08 Å². The lowest BCUT2D eigenvalue weighted by atomic mass is 10.1. The van der Waals surface area contributed by atoms with Crippen LogP contribution in [0.2, 0.25) is 0 Å². The summed E-state index contributed by atoms with van der Waals surface area (Å²) in [6, 6.07) is 4.54. The van der Waals surface area contributed by atoms with Gasteiger partial charge in [-0.3, -0.25) is 4.79 Å². The molecule has 0 aromatic heterocycles. The van der Waals surface area contributed by atoms with Gasteiger partial charge in [0, 0.05) is 25.5 Å². The fourth-order valence-corrected chi connectivity index (χ4v) is 2.09. The van der Waals surface area contributed by atoms with E-state index in [0.717, 1.165) is 23.3 Å². The summed E-state index contributed by atoms with van der Waals surface area (Å²) in [4.78, 5) is 22.5. The number of aliphatic carboxylic acids is 1. The average molecular weight is 291 g/mol. The zero-order valence-corrected chi connectivity index (χ0v) is 11.4. The van der Waals surface area contributed by atoms with Crippen LogP contribution in [0.25, 0.3) is 6.08 Å². The van der Waals surface area contributed by atoms with Crippen LogP contribution in [-0.2, 0) is 16.0 Å². The minimum atomic E-state index is -1.17. The molecule has 0 saturated carbocycles. The molecule has 1 heterocycles. The predicted octanol–water partition coefficient (Wildman–Crippen LogP) is 0.586. The molecular formula is C15H17NO5. The third-order valence-electron chi connectivity index (χ3n) is 3.17. The van der Waals surface area contributed by atoms with E-state index in [0.29, 0.717) is 6.61 Å². The first-order chi connectivity index (χ1) is 10.1. The molecule has 6 nitrogen and oxygen atoms in total. The van der Waals surface area contributed by atoms with Crippen molar-refractivity contribution in [1.29, 1.82) is 0 Å². The maximum Gasteiger partial charge on any atom is 0.326 e. The maximum absolute atomic E-state index is 11.7. The summed E-state index contributed by atoms with van der Waals surface area (Å²) in [6.07, 6.45) is 3.72. The van der Waals surface area contributed by atoms with Crippen LogP contribution in [0.5, 0.6) is 5.75 Å². The number of hydrogen-bond donors (Lipinski definition) is 3. The van der Waals surface area contributed by atoms with E-state index in [4.69, 9.17) is 14.9 Å². The number of carboxylic acids is 1. The summed E-state index contributed by atoms with van der Waals surface area (Å²) in [5.74, 6) is -0.807. The summed E-state index contributed by atoms with van der Waals surface area (Å²) >= 11 is 0. The van der Waals surface area contributed by atoms with Crippen molar-refractivity contribution in [3.63, 3.8) is 0 Å². The Morgan fingerprint density at radius 2 is 2.24 bits per heavy atom. The van der Waals surface area contributed by atoms with Crippen molar-refractivity contribution in [3.8, 4) is 5.75 Å². The number of ether oxygens (including phenoxy) is 1. The van der Waals surface area contributed by atoms with E-state index < -0.39 is 17.9 Å². The SMILES string of the molecule is O=C(/C=C/c1ccc2c(c1)CCO2)NC(CCO)C(=O)O. The van der Waals surface area contributed by atoms with E-state index in [2.05, 4.69) is 5.32 Å². The van der Waals surface area contributed by atoms with E-state index in [9.17, 15) is 9.59 Å². The van der Waals surface area contributed by atoms with Crippen LogP contribution < -0.4 is 10.1 Å². The Labute approximate surface area is 122 Å². The lowest BCUT2D eigenvalue weighted by molar-refractivity contribution is -0.141. The average Bonchev–Trinajstić information content (AvgIpc) is 2.92. The van der Waals surface area contributed by atoms with Crippen molar-refractivity contribution in [2.45, 2.75) is 18.9 Å². The van der Waals surface area contributed by atoms with E-state index >= 15 is 0 Å². The standard InChI is InChI=1S/C15H17NO5/c17-7-5-12(15(19)20)16-14(18)4-2-10-1-3-13-11(9-10)6-8-21-13/h1-4,9,12,17H,5-8H2,(H,16,18)(H,19,20)/b4-2+. The van der Waals surface area contributed by atoms with Crippen LogP contribution in [0, 0.1) is 0 Å². The molecule has 2 rings (SSSR count). The molecule has 6 heteroatoms. The van der Waals surface area contributed by atoms with E-state index in [-0.39, 0.29) is 13.0 Å². The van der Waals surface area contributed by atoms with Crippen LogP contribution in [-0.4, -0.2) is 41.3 Å². The van der Waals surface area contributed by atoms with Gasteiger partial charge in [-0.15, -0.1) is 0 Å². The predicted molar refractivity (Wildman–Crippen MR) is 75.9 cm³/mol. The van der Waals surface area contributed by atoms with Crippen LogP contribution in [0.3, 0.4) is 0 Å². The number of carbonyl (C=O) groups excluding carboxylic acids is 1. The second kappa shape index (κ2) is 6.90. The summed E-state index contributed by atoms with van der Waals surface area (Å²) in [5, 5.41) is 20.0. The highest BCUT2D eigenvalue weighted by molar-refractivity contribution is 5.94. The number of amides is 1. The molecule has 0 saturated heterocycles. The Balaban J connectivity index is 1.97. The van der Waals surface area contributed by atoms with Gasteiger partial charge in [-0.1, -0.05) is 6.07 Å². The first-order valence-electron chi connectivity index (χ1n) is 6.68. The molecular weight excluding hydrogens is 274 g/mol. The minimum Gasteiger partial charge on any atom is -0.493 e. The Morgan fingerprint density at radius 1 is 1.43 bits per heavy atom. The number of benzene rings is 1. The van der Waals surface area contributed by atoms with Crippen LogP contribution in [0.1, 0.15) is 17.5 Å². The Hall–Kier alpha value is -2.34. The summed E-state index contributed by atoms with van der Waals surface area (Å²) in [7, 11) is 0. The highest BCUT2D eigenvalue weighted by Gasteiger charge is 2.17. The number of hydrogen-bond acceptors (Lipinski definition) is 4. The summed E-state index contributed by atoms with van der Waals surface area (Å²) in [6.45, 7) is 0.371. The Morgan fingerprint density at radius 3 is 2.95 bits per heavy atom. The number of rotatable bonds is 6. The molecule has 21 heavy (non-hydrogen) atoms. The molecule has 1 atom stereocenters. The maximum atomic E-state index is 11.7. The molecule has 0 fully saturated rings. The molecule has 1 aliphatic rings. The third-order valence-corrected chi connectivity index (χ3v) is 3.17. The van der Waals surface area contributed by atoms with Gasteiger partial charge in [0.25, 0.3) is 0 Å². The van der Waals surface area contributed by atoms with E-state index in [1.807, 2.05) is 18.2 Å².